The predicted octanol–water partition coefficient (Wildman–Crippen LogP) is 1.86. The van der Waals surface area contributed by atoms with Crippen molar-refractivity contribution < 1.29 is 9.59 Å². The quantitative estimate of drug-likeness (QED) is 0.803. The number of aromatic nitrogens is 1. The van der Waals surface area contributed by atoms with E-state index in [0.717, 1.165) is 6.42 Å². The molecule has 0 radical (unpaired) electrons. The Morgan fingerprint density at radius 1 is 1.21 bits per heavy atom. The first kappa shape index (κ1) is 15.8. The van der Waals surface area contributed by atoms with Crippen molar-refractivity contribution in [2.75, 3.05) is 23.3 Å². The average molecular weight is 326 g/mol. The normalized spacial score (nSPS) is 14.2. The van der Waals surface area contributed by atoms with Gasteiger partial charge in [0.1, 0.15) is 5.69 Å². The van der Waals surface area contributed by atoms with Crippen molar-refractivity contribution in [1.82, 2.24) is 10.3 Å². The summed E-state index contributed by atoms with van der Waals surface area (Å²) in [5, 5.41) is 5.53. The molecule has 3 amide bonds. The third-order valence-corrected chi connectivity index (χ3v) is 3.73. The van der Waals surface area contributed by atoms with Crippen LogP contribution >= 0.6 is 0 Å². The maximum atomic E-state index is 12.3. The molecule has 1 aliphatic rings. The molecule has 124 valence electrons. The minimum Gasteiger partial charge on any atom is -0.338 e. The summed E-state index contributed by atoms with van der Waals surface area (Å²) in [4.78, 5) is 39.8. The summed E-state index contributed by atoms with van der Waals surface area (Å²) in [5.41, 5.74) is 1.85. The molecule has 7 heteroatoms. The Morgan fingerprint density at radius 3 is 2.79 bits per heavy atom. The standard InChI is InChI=1S/C17H18N4O3/c1-11-8-14(20-15(22)9-11)16(23)19-12-4-2-5-13(10-12)21-7-3-6-18-17(21)24/h2,4-5,8-10H,3,6-7H2,1H3,(H,18,24)(H,19,23)(H,20,22). The molecule has 1 fully saturated rings. The van der Waals surface area contributed by atoms with Gasteiger partial charge >= 0.3 is 6.03 Å². The Bertz CT molecular complexity index is 844. The molecule has 1 saturated heterocycles. The molecular formula is C17H18N4O3. The van der Waals surface area contributed by atoms with Crippen LogP contribution in [0.3, 0.4) is 0 Å². The number of urea groups is 1. The van der Waals surface area contributed by atoms with Crippen LogP contribution in [0.15, 0.2) is 41.2 Å². The van der Waals surface area contributed by atoms with Crippen molar-refractivity contribution in [3.8, 4) is 0 Å². The highest BCUT2D eigenvalue weighted by atomic mass is 16.2. The molecule has 1 aromatic carbocycles. The van der Waals surface area contributed by atoms with Crippen LogP contribution in [0.1, 0.15) is 22.5 Å². The van der Waals surface area contributed by atoms with Crippen molar-refractivity contribution in [2.24, 2.45) is 0 Å². The monoisotopic (exact) mass is 326 g/mol. The fourth-order valence-electron chi connectivity index (χ4n) is 2.63. The first-order valence-electron chi connectivity index (χ1n) is 7.71. The molecule has 0 spiro atoms. The summed E-state index contributed by atoms with van der Waals surface area (Å²) in [7, 11) is 0. The van der Waals surface area contributed by atoms with Crippen LogP contribution in [0.2, 0.25) is 0 Å². The lowest BCUT2D eigenvalue weighted by atomic mass is 10.2. The minimum absolute atomic E-state index is 0.146. The number of nitrogens with one attached hydrogen (secondary N) is 3. The van der Waals surface area contributed by atoms with E-state index in [1.807, 2.05) is 6.07 Å². The molecule has 0 atom stereocenters. The zero-order chi connectivity index (χ0) is 17.1. The summed E-state index contributed by atoms with van der Waals surface area (Å²) in [5.74, 6) is -0.406. The number of benzene rings is 1. The zero-order valence-corrected chi connectivity index (χ0v) is 13.3. The number of amides is 3. The van der Waals surface area contributed by atoms with Gasteiger partial charge in [0, 0.05) is 30.5 Å². The van der Waals surface area contributed by atoms with E-state index in [1.54, 1.807) is 36.1 Å². The number of rotatable bonds is 3. The van der Waals surface area contributed by atoms with Crippen LogP contribution in [0.25, 0.3) is 0 Å². The Kier molecular flexibility index (Phi) is 4.33. The molecule has 2 heterocycles. The second-order valence-electron chi connectivity index (χ2n) is 5.68. The van der Waals surface area contributed by atoms with E-state index in [4.69, 9.17) is 0 Å². The second kappa shape index (κ2) is 6.57. The molecule has 3 N–H and O–H groups in total. The molecule has 3 rings (SSSR count). The number of nitrogens with zero attached hydrogens (tertiary/aromatic N) is 1. The van der Waals surface area contributed by atoms with Crippen LogP contribution in [0.4, 0.5) is 16.2 Å². The first-order chi connectivity index (χ1) is 11.5. The van der Waals surface area contributed by atoms with Gasteiger partial charge in [-0.25, -0.2) is 4.79 Å². The number of carbonyl (C=O) groups excluding carboxylic acids is 2. The number of pyridine rings is 1. The van der Waals surface area contributed by atoms with Gasteiger partial charge in [0.15, 0.2) is 0 Å². The van der Waals surface area contributed by atoms with Crippen LogP contribution in [-0.2, 0) is 0 Å². The lowest BCUT2D eigenvalue weighted by molar-refractivity contribution is 0.102. The zero-order valence-electron chi connectivity index (χ0n) is 13.3. The maximum absolute atomic E-state index is 12.3. The predicted molar refractivity (Wildman–Crippen MR) is 91.6 cm³/mol. The number of aryl methyl sites for hydroxylation is 1. The summed E-state index contributed by atoms with van der Waals surface area (Å²) < 4.78 is 0. The van der Waals surface area contributed by atoms with Crippen LogP contribution in [0, 0.1) is 6.92 Å². The Morgan fingerprint density at radius 2 is 2.04 bits per heavy atom. The fourth-order valence-corrected chi connectivity index (χ4v) is 2.63. The number of aromatic amines is 1. The van der Waals surface area contributed by atoms with Gasteiger partial charge in [0.2, 0.25) is 5.56 Å². The molecule has 2 aromatic rings. The van der Waals surface area contributed by atoms with Crippen molar-refractivity contribution in [3.05, 3.63) is 58.0 Å². The van der Waals surface area contributed by atoms with Crippen molar-refractivity contribution >= 4 is 23.3 Å². The van der Waals surface area contributed by atoms with E-state index < -0.39 is 5.91 Å². The third kappa shape index (κ3) is 3.45. The molecule has 0 unspecified atom stereocenters. The highest BCUT2D eigenvalue weighted by Gasteiger charge is 2.19. The highest BCUT2D eigenvalue weighted by Crippen LogP contribution is 2.21. The van der Waals surface area contributed by atoms with E-state index in [-0.39, 0.29) is 17.3 Å². The number of H-pyrrole nitrogens is 1. The number of hydrogen-bond donors (Lipinski definition) is 3. The van der Waals surface area contributed by atoms with Crippen LogP contribution in [-0.4, -0.2) is 30.0 Å². The van der Waals surface area contributed by atoms with Gasteiger partial charge in [-0.2, -0.15) is 0 Å². The van der Waals surface area contributed by atoms with Gasteiger partial charge in [-0.05, 0) is 43.2 Å². The Balaban J connectivity index is 1.80. The van der Waals surface area contributed by atoms with Gasteiger partial charge in [0.05, 0.1) is 0 Å². The SMILES string of the molecule is Cc1cc(C(=O)Nc2cccc(N3CCCNC3=O)c2)[nH]c(=O)c1. The third-order valence-electron chi connectivity index (χ3n) is 3.73. The van der Waals surface area contributed by atoms with Crippen molar-refractivity contribution in [3.63, 3.8) is 0 Å². The summed E-state index contributed by atoms with van der Waals surface area (Å²) in [6, 6.07) is 9.94. The van der Waals surface area contributed by atoms with E-state index in [9.17, 15) is 14.4 Å². The molecule has 0 aliphatic carbocycles. The maximum Gasteiger partial charge on any atom is 0.321 e. The second-order valence-corrected chi connectivity index (χ2v) is 5.68. The first-order valence-corrected chi connectivity index (χ1v) is 7.71. The number of anilines is 2. The van der Waals surface area contributed by atoms with Gasteiger partial charge < -0.3 is 15.6 Å². The van der Waals surface area contributed by atoms with E-state index in [1.165, 1.54) is 6.07 Å². The van der Waals surface area contributed by atoms with Gasteiger partial charge in [-0.3, -0.25) is 14.5 Å². The van der Waals surface area contributed by atoms with E-state index >= 15 is 0 Å². The Hall–Kier alpha value is -3.09. The number of carbonyl (C=O) groups is 2. The van der Waals surface area contributed by atoms with Crippen LogP contribution < -0.4 is 21.1 Å². The summed E-state index contributed by atoms with van der Waals surface area (Å²) in [6.45, 7) is 3.06. The number of hydrogen-bond acceptors (Lipinski definition) is 3. The Labute approximate surface area is 138 Å². The average Bonchev–Trinajstić information content (AvgIpc) is 2.54. The van der Waals surface area contributed by atoms with E-state index in [2.05, 4.69) is 15.6 Å². The van der Waals surface area contributed by atoms with Gasteiger partial charge in [-0.1, -0.05) is 6.07 Å². The summed E-state index contributed by atoms with van der Waals surface area (Å²) >= 11 is 0. The molecule has 0 bridgehead atoms. The lowest BCUT2D eigenvalue weighted by Crippen LogP contribution is -2.46. The molecule has 7 nitrogen and oxygen atoms in total. The molecule has 1 aromatic heterocycles. The molecule has 0 saturated carbocycles. The minimum atomic E-state index is -0.406. The highest BCUT2D eigenvalue weighted by molar-refractivity contribution is 6.03. The smallest absolute Gasteiger partial charge is 0.321 e. The molecular weight excluding hydrogens is 308 g/mol. The molecule has 24 heavy (non-hydrogen) atoms. The molecule has 1 aliphatic heterocycles. The van der Waals surface area contributed by atoms with Gasteiger partial charge in [0.25, 0.3) is 5.91 Å². The lowest BCUT2D eigenvalue weighted by Gasteiger charge is -2.27. The van der Waals surface area contributed by atoms with E-state index in [0.29, 0.717) is 30.0 Å². The fraction of sp³-hybridized carbons (Fsp3) is 0.235. The largest absolute Gasteiger partial charge is 0.338 e. The summed E-state index contributed by atoms with van der Waals surface area (Å²) in [6.07, 6.45) is 0.868. The van der Waals surface area contributed by atoms with Crippen molar-refractivity contribution in [1.29, 1.82) is 0 Å². The van der Waals surface area contributed by atoms with Gasteiger partial charge in [-0.15, -0.1) is 0 Å². The van der Waals surface area contributed by atoms with Crippen molar-refractivity contribution in [2.45, 2.75) is 13.3 Å². The topological polar surface area (TPSA) is 94.3 Å². The van der Waals surface area contributed by atoms with Crippen LogP contribution in [0.5, 0.6) is 0 Å².